The van der Waals surface area contributed by atoms with Crippen LogP contribution >= 0.6 is 24.0 Å². The summed E-state index contributed by atoms with van der Waals surface area (Å²) in [5.41, 5.74) is 0. The molecule has 0 bridgehead atoms. The molecule has 1 saturated heterocycles. The number of nitrogens with zero attached hydrogens (tertiary/aromatic N) is 3. The molecule has 0 unspecified atom stereocenters. The van der Waals surface area contributed by atoms with Crippen LogP contribution in [0, 0.1) is 0 Å². The van der Waals surface area contributed by atoms with Gasteiger partial charge in [-0.1, -0.05) is 20.3 Å². The van der Waals surface area contributed by atoms with E-state index < -0.39 is 0 Å². The van der Waals surface area contributed by atoms with Crippen molar-refractivity contribution in [2.75, 3.05) is 58.9 Å². The van der Waals surface area contributed by atoms with Crippen LogP contribution in [0.15, 0.2) is 4.99 Å². The first-order valence-electron chi connectivity index (χ1n) is 9.27. The Morgan fingerprint density at radius 3 is 2.22 bits per heavy atom. The molecular formula is C17H38IN5. The minimum Gasteiger partial charge on any atom is -0.357 e. The van der Waals surface area contributed by atoms with Gasteiger partial charge in [0.15, 0.2) is 5.96 Å². The molecule has 138 valence electrons. The lowest BCUT2D eigenvalue weighted by molar-refractivity contribution is 0.136. The Labute approximate surface area is 160 Å². The number of halogens is 1. The van der Waals surface area contributed by atoms with Gasteiger partial charge in [-0.3, -0.25) is 4.99 Å². The number of guanidine groups is 1. The van der Waals surface area contributed by atoms with E-state index in [2.05, 4.69) is 46.2 Å². The van der Waals surface area contributed by atoms with Gasteiger partial charge in [0.05, 0.1) is 0 Å². The van der Waals surface area contributed by atoms with E-state index in [4.69, 9.17) is 0 Å². The molecule has 0 atom stereocenters. The van der Waals surface area contributed by atoms with Crippen LogP contribution in [0.4, 0.5) is 0 Å². The van der Waals surface area contributed by atoms with Gasteiger partial charge in [0.25, 0.3) is 0 Å². The summed E-state index contributed by atoms with van der Waals surface area (Å²) in [6.07, 6.45) is 4.86. The molecule has 2 N–H and O–H groups in total. The molecule has 0 aliphatic carbocycles. The zero-order valence-corrected chi connectivity index (χ0v) is 17.8. The van der Waals surface area contributed by atoms with Crippen molar-refractivity contribution in [3.05, 3.63) is 0 Å². The Hall–Kier alpha value is -0.0800. The average Bonchev–Trinajstić information content (AvgIpc) is 2.55. The van der Waals surface area contributed by atoms with Crippen molar-refractivity contribution in [2.24, 2.45) is 4.99 Å². The molecule has 1 heterocycles. The second-order valence-electron chi connectivity index (χ2n) is 6.02. The number of unbranched alkanes of at least 4 members (excludes halogenated alkanes) is 2. The van der Waals surface area contributed by atoms with Gasteiger partial charge in [-0.25, -0.2) is 0 Å². The number of hydrogen-bond donors (Lipinski definition) is 2. The molecule has 5 nitrogen and oxygen atoms in total. The van der Waals surface area contributed by atoms with Crippen molar-refractivity contribution < 1.29 is 0 Å². The van der Waals surface area contributed by atoms with Crippen molar-refractivity contribution in [1.82, 2.24) is 20.4 Å². The summed E-state index contributed by atoms with van der Waals surface area (Å²) in [7, 11) is 0. The molecule has 1 rings (SSSR count). The summed E-state index contributed by atoms with van der Waals surface area (Å²) in [6.45, 7) is 16.8. The lowest BCUT2D eigenvalue weighted by atomic mass is 10.2. The van der Waals surface area contributed by atoms with Crippen LogP contribution in [0.1, 0.15) is 46.5 Å². The molecule has 6 heteroatoms. The summed E-state index contributed by atoms with van der Waals surface area (Å²) in [5.74, 6) is 0.979. The summed E-state index contributed by atoms with van der Waals surface area (Å²) in [6, 6.07) is 0. The van der Waals surface area contributed by atoms with Gasteiger partial charge in [0, 0.05) is 45.8 Å². The quantitative estimate of drug-likeness (QED) is 0.238. The second-order valence-corrected chi connectivity index (χ2v) is 6.02. The van der Waals surface area contributed by atoms with Crippen molar-refractivity contribution >= 4 is 29.9 Å². The van der Waals surface area contributed by atoms with Gasteiger partial charge in [0.1, 0.15) is 0 Å². The average molecular weight is 439 g/mol. The monoisotopic (exact) mass is 439 g/mol. The van der Waals surface area contributed by atoms with E-state index in [0.717, 1.165) is 25.6 Å². The third-order valence-electron chi connectivity index (χ3n) is 4.23. The Bertz CT molecular complexity index is 291. The maximum atomic E-state index is 4.66. The Kier molecular flexibility index (Phi) is 15.4. The van der Waals surface area contributed by atoms with Crippen LogP contribution in [0.2, 0.25) is 0 Å². The summed E-state index contributed by atoms with van der Waals surface area (Å²) < 4.78 is 0. The first kappa shape index (κ1) is 22.9. The maximum absolute atomic E-state index is 4.66. The molecule has 0 aromatic rings. The predicted octanol–water partition coefficient (Wildman–Crippen LogP) is 2.38. The van der Waals surface area contributed by atoms with Gasteiger partial charge in [-0.2, -0.15) is 0 Å². The van der Waals surface area contributed by atoms with Crippen LogP contribution in [-0.4, -0.2) is 74.7 Å². The van der Waals surface area contributed by atoms with Gasteiger partial charge in [-0.15, -0.1) is 24.0 Å². The van der Waals surface area contributed by atoms with Crippen LogP contribution in [0.3, 0.4) is 0 Å². The number of piperazine rings is 1. The van der Waals surface area contributed by atoms with Gasteiger partial charge in [-0.05, 0) is 39.3 Å². The van der Waals surface area contributed by atoms with Crippen LogP contribution < -0.4 is 10.6 Å². The lowest BCUT2D eigenvalue weighted by Gasteiger charge is -2.33. The largest absolute Gasteiger partial charge is 0.357 e. The fraction of sp³-hybridized carbons (Fsp3) is 0.941. The molecule has 0 saturated carbocycles. The molecule has 1 aliphatic heterocycles. The number of hydrogen-bond acceptors (Lipinski definition) is 3. The van der Waals surface area contributed by atoms with Crippen LogP contribution in [0.5, 0.6) is 0 Å². The first-order valence-corrected chi connectivity index (χ1v) is 9.27. The highest BCUT2D eigenvalue weighted by atomic mass is 127. The Morgan fingerprint density at radius 2 is 1.61 bits per heavy atom. The van der Waals surface area contributed by atoms with Gasteiger partial charge in [0.2, 0.25) is 0 Å². The van der Waals surface area contributed by atoms with Crippen LogP contribution in [0.25, 0.3) is 0 Å². The molecule has 1 aliphatic rings. The fourth-order valence-corrected chi connectivity index (χ4v) is 2.69. The van der Waals surface area contributed by atoms with E-state index in [1.165, 1.54) is 65.0 Å². The molecule has 0 aromatic heterocycles. The maximum Gasteiger partial charge on any atom is 0.191 e. The first-order chi connectivity index (χ1) is 10.8. The number of aliphatic imine (C=N–C) groups is 1. The minimum atomic E-state index is 0. The SMILES string of the molecule is CCCCNC(=NCCCCN1CCN(CC)CC1)NCC.I. The summed E-state index contributed by atoms with van der Waals surface area (Å²) in [4.78, 5) is 9.79. The van der Waals surface area contributed by atoms with Gasteiger partial charge < -0.3 is 20.4 Å². The molecule has 0 amide bonds. The zero-order chi connectivity index (χ0) is 16.0. The van der Waals surface area contributed by atoms with Crippen molar-refractivity contribution in [3.8, 4) is 0 Å². The highest BCUT2D eigenvalue weighted by molar-refractivity contribution is 14.0. The molecule has 1 fully saturated rings. The topological polar surface area (TPSA) is 42.9 Å². The van der Waals surface area contributed by atoms with Crippen molar-refractivity contribution in [3.63, 3.8) is 0 Å². The number of nitrogens with one attached hydrogen (secondary N) is 2. The Balaban J connectivity index is 0.00000484. The standard InChI is InChI=1S/C17H37N5.HI/c1-4-7-10-19-17(18-5-2)20-11-8-9-12-22-15-13-21(6-3)14-16-22;/h4-16H2,1-3H3,(H2,18,19,20);1H. The van der Waals surface area contributed by atoms with E-state index >= 15 is 0 Å². The molecule has 0 spiro atoms. The van der Waals surface area contributed by atoms with Crippen molar-refractivity contribution in [2.45, 2.75) is 46.5 Å². The zero-order valence-electron chi connectivity index (χ0n) is 15.4. The van der Waals surface area contributed by atoms with Gasteiger partial charge >= 0.3 is 0 Å². The minimum absolute atomic E-state index is 0. The highest BCUT2D eigenvalue weighted by Crippen LogP contribution is 2.03. The fourth-order valence-electron chi connectivity index (χ4n) is 2.69. The Morgan fingerprint density at radius 1 is 0.913 bits per heavy atom. The van der Waals surface area contributed by atoms with E-state index in [0.29, 0.717) is 0 Å². The normalized spacial score (nSPS) is 16.9. The number of rotatable bonds is 10. The third kappa shape index (κ3) is 11.2. The van der Waals surface area contributed by atoms with Crippen molar-refractivity contribution in [1.29, 1.82) is 0 Å². The highest BCUT2D eigenvalue weighted by Gasteiger charge is 2.14. The van der Waals surface area contributed by atoms with E-state index in [1.807, 2.05) is 0 Å². The molecule has 23 heavy (non-hydrogen) atoms. The summed E-state index contributed by atoms with van der Waals surface area (Å²) >= 11 is 0. The summed E-state index contributed by atoms with van der Waals surface area (Å²) in [5, 5.41) is 6.71. The van der Waals surface area contributed by atoms with Crippen LogP contribution in [-0.2, 0) is 0 Å². The lowest BCUT2D eigenvalue weighted by Crippen LogP contribution is -2.46. The van der Waals surface area contributed by atoms with E-state index in [9.17, 15) is 0 Å². The van der Waals surface area contributed by atoms with E-state index in [-0.39, 0.29) is 24.0 Å². The molecule has 0 aromatic carbocycles. The second kappa shape index (κ2) is 15.4. The van der Waals surface area contributed by atoms with E-state index in [1.54, 1.807) is 0 Å². The number of likely N-dealkylation sites (N-methyl/N-ethyl adjacent to an activating group) is 1. The predicted molar refractivity (Wildman–Crippen MR) is 112 cm³/mol. The molecular weight excluding hydrogens is 401 g/mol. The smallest absolute Gasteiger partial charge is 0.191 e. The molecule has 0 radical (unpaired) electrons. The third-order valence-corrected chi connectivity index (χ3v) is 4.23.